The molecule has 25 heavy (non-hydrogen) atoms. The minimum absolute atomic E-state index is 0.200. The summed E-state index contributed by atoms with van der Waals surface area (Å²) in [6, 6.07) is 6.58. The molecule has 4 nitrogen and oxygen atoms in total. The van der Waals surface area contributed by atoms with Crippen LogP contribution >= 0.6 is 11.3 Å². The first kappa shape index (κ1) is 18.4. The van der Waals surface area contributed by atoms with Crippen LogP contribution in [0.5, 0.6) is 0 Å². The van der Waals surface area contributed by atoms with Crippen molar-refractivity contribution in [3.8, 4) is 0 Å². The molecule has 1 aromatic carbocycles. The second-order valence-electron chi connectivity index (χ2n) is 6.23. The zero-order valence-corrected chi connectivity index (χ0v) is 15.3. The molecule has 1 aliphatic heterocycles. The van der Waals surface area contributed by atoms with E-state index in [1.165, 1.54) is 4.88 Å². The molecule has 0 saturated carbocycles. The highest BCUT2D eigenvalue weighted by molar-refractivity contribution is 7.89. The fraction of sp³-hybridized carbons (Fsp3) is 0.412. The number of sulfonamides is 1. The summed E-state index contributed by atoms with van der Waals surface area (Å²) in [5, 5.41) is 2.06. The molecule has 0 spiro atoms. The van der Waals surface area contributed by atoms with Gasteiger partial charge in [-0.15, -0.1) is 11.3 Å². The maximum absolute atomic E-state index is 13.7. The monoisotopic (exact) mass is 386 g/mol. The summed E-state index contributed by atoms with van der Waals surface area (Å²) >= 11 is 1.73. The normalized spacial score (nSPS) is 17.0. The number of nitrogens with one attached hydrogen (secondary N) is 1. The van der Waals surface area contributed by atoms with Gasteiger partial charge >= 0.3 is 0 Å². The lowest BCUT2D eigenvalue weighted by atomic mass is 9.97. The summed E-state index contributed by atoms with van der Waals surface area (Å²) in [6.07, 6.45) is 1.75. The lowest BCUT2D eigenvalue weighted by Gasteiger charge is -2.31. The number of halogens is 2. The minimum Gasteiger partial charge on any atom is -0.298 e. The van der Waals surface area contributed by atoms with Crippen molar-refractivity contribution in [3.63, 3.8) is 0 Å². The molecule has 0 atom stereocenters. The van der Waals surface area contributed by atoms with E-state index >= 15 is 0 Å². The molecule has 2 aromatic rings. The van der Waals surface area contributed by atoms with Crippen molar-refractivity contribution < 1.29 is 17.2 Å². The SMILES string of the molecule is O=S(=O)(NCC1CCN(Cc2cccs2)CC1)c1cc(F)ccc1F. The molecule has 3 rings (SSSR count). The Kier molecular flexibility index (Phi) is 5.83. The van der Waals surface area contributed by atoms with Crippen molar-refractivity contribution in [3.05, 3.63) is 52.2 Å². The van der Waals surface area contributed by atoms with Crippen molar-refractivity contribution >= 4 is 21.4 Å². The summed E-state index contributed by atoms with van der Waals surface area (Å²) in [7, 11) is -4.04. The Balaban J connectivity index is 1.51. The van der Waals surface area contributed by atoms with Gasteiger partial charge in [0.25, 0.3) is 0 Å². The fourth-order valence-electron chi connectivity index (χ4n) is 2.96. The highest BCUT2D eigenvalue weighted by Crippen LogP contribution is 2.21. The highest BCUT2D eigenvalue weighted by Gasteiger charge is 2.24. The largest absolute Gasteiger partial charge is 0.298 e. The molecule has 0 bridgehead atoms. The van der Waals surface area contributed by atoms with Crippen molar-refractivity contribution in [2.24, 2.45) is 5.92 Å². The van der Waals surface area contributed by atoms with E-state index in [9.17, 15) is 17.2 Å². The third kappa shape index (κ3) is 4.84. The van der Waals surface area contributed by atoms with Crippen LogP contribution < -0.4 is 4.72 Å². The maximum Gasteiger partial charge on any atom is 0.243 e. The Labute approximate surface area is 150 Å². The second-order valence-corrected chi connectivity index (χ2v) is 8.99. The minimum atomic E-state index is -4.04. The number of likely N-dealkylation sites (tertiary alicyclic amines) is 1. The molecule has 1 fully saturated rings. The smallest absolute Gasteiger partial charge is 0.243 e. The zero-order valence-electron chi connectivity index (χ0n) is 13.6. The van der Waals surface area contributed by atoms with Crippen molar-refractivity contribution in [2.75, 3.05) is 19.6 Å². The molecule has 0 radical (unpaired) electrons. The Morgan fingerprint density at radius 2 is 1.96 bits per heavy atom. The first-order chi connectivity index (χ1) is 11.9. The quantitative estimate of drug-likeness (QED) is 0.829. The number of benzene rings is 1. The zero-order chi connectivity index (χ0) is 17.9. The average Bonchev–Trinajstić information content (AvgIpc) is 3.09. The van der Waals surface area contributed by atoms with Crippen LogP contribution in [0.4, 0.5) is 8.78 Å². The van der Waals surface area contributed by atoms with Crippen LogP contribution in [0.25, 0.3) is 0 Å². The Hall–Kier alpha value is -1.35. The lowest BCUT2D eigenvalue weighted by molar-refractivity contribution is 0.180. The number of nitrogens with zero attached hydrogens (tertiary/aromatic N) is 1. The van der Waals surface area contributed by atoms with Crippen LogP contribution in [0.1, 0.15) is 17.7 Å². The second kappa shape index (κ2) is 7.90. The van der Waals surface area contributed by atoms with Crippen molar-refractivity contribution in [1.29, 1.82) is 0 Å². The van der Waals surface area contributed by atoms with Gasteiger partial charge in [0.05, 0.1) is 0 Å². The summed E-state index contributed by atoms with van der Waals surface area (Å²) in [5.74, 6) is -1.52. The van der Waals surface area contributed by atoms with E-state index in [1.54, 1.807) is 11.3 Å². The van der Waals surface area contributed by atoms with Crippen LogP contribution in [0.15, 0.2) is 40.6 Å². The first-order valence-electron chi connectivity index (χ1n) is 8.13. The van der Waals surface area contributed by atoms with Gasteiger partial charge < -0.3 is 0 Å². The molecule has 1 aromatic heterocycles. The fourth-order valence-corrected chi connectivity index (χ4v) is 4.91. The molecule has 1 aliphatic rings. The van der Waals surface area contributed by atoms with E-state index < -0.39 is 26.6 Å². The predicted octanol–water partition coefficient (Wildman–Crippen LogP) is 3.22. The van der Waals surface area contributed by atoms with E-state index in [0.29, 0.717) is 6.07 Å². The molecule has 8 heteroatoms. The predicted molar refractivity (Wildman–Crippen MR) is 93.9 cm³/mol. The van der Waals surface area contributed by atoms with Gasteiger partial charge in [-0.2, -0.15) is 0 Å². The molecule has 0 aliphatic carbocycles. The van der Waals surface area contributed by atoms with Crippen LogP contribution in [0.2, 0.25) is 0 Å². The Morgan fingerprint density at radius 1 is 1.20 bits per heavy atom. The van der Waals surface area contributed by atoms with E-state index in [0.717, 1.165) is 44.6 Å². The standard InChI is InChI=1S/C17H20F2N2O2S2/c18-14-3-4-16(19)17(10-14)25(22,23)20-11-13-5-7-21(8-6-13)12-15-2-1-9-24-15/h1-4,9-10,13,20H,5-8,11-12H2. The third-order valence-electron chi connectivity index (χ3n) is 4.41. The third-order valence-corrected chi connectivity index (χ3v) is 6.71. The highest BCUT2D eigenvalue weighted by atomic mass is 32.2. The number of thiophene rings is 1. The van der Waals surface area contributed by atoms with Crippen LogP contribution in [0.3, 0.4) is 0 Å². The van der Waals surface area contributed by atoms with Gasteiger partial charge in [0.1, 0.15) is 16.5 Å². The molecular formula is C17H20F2N2O2S2. The Morgan fingerprint density at radius 3 is 2.64 bits per heavy atom. The number of piperidine rings is 1. The molecule has 1 N–H and O–H groups in total. The van der Waals surface area contributed by atoms with Gasteiger partial charge in [-0.1, -0.05) is 6.07 Å². The van der Waals surface area contributed by atoms with Crippen LogP contribution in [-0.2, 0) is 16.6 Å². The van der Waals surface area contributed by atoms with E-state index in [1.807, 2.05) is 6.07 Å². The topological polar surface area (TPSA) is 49.4 Å². The number of hydrogen-bond donors (Lipinski definition) is 1. The van der Waals surface area contributed by atoms with E-state index in [-0.39, 0.29) is 12.5 Å². The van der Waals surface area contributed by atoms with Crippen LogP contribution in [-0.4, -0.2) is 33.0 Å². The average molecular weight is 386 g/mol. The van der Waals surface area contributed by atoms with E-state index in [2.05, 4.69) is 21.1 Å². The van der Waals surface area contributed by atoms with Crippen molar-refractivity contribution in [2.45, 2.75) is 24.3 Å². The molecule has 2 heterocycles. The summed E-state index contributed by atoms with van der Waals surface area (Å²) in [6.45, 7) is 2.97. The van der Waals surface area contributed by atoms with Gasteiger partial charge in [-0.3, -0.25) is 4.90 Å². The molecule has 1 saturated heterocycles. The number of rotatable bonds is 6. The van der Waals surface area contributed by atoms with Gasteiger partial charge in [-0.25, -0.2) is 21.9 Å². The Bertz CT molecular complexity index is 802. The number of hydrogen-bond acceptors (Lipinski definition) is 4. The molecule has 0 amide bonds. The van der Waals surface area contributed by atoms with Crippen molar-refractivity contribution in [1.82, 2.24) is 9.62 Å². The molecule has 136 valence electrons. The molecule has 0 unspecified atom stereocenters. The maximum atomic E-state index is 13.7. The van der Waals surface area contributed by atoms with Crippen LogP contribution in [0, 0.1) is 17.6 Å². The van der Waals surface area contributed by atoms with Gasteiger partial charge in [-0.05, 0) is 61.5 Å². The first-order valence-corrected chi connectivity index (χ1v) is 10.5. The summed E-state index contributed by atoms with van der Waals surface area (Å²) < 4.78 is 53.7. The van der Waals surface area contributed by atoms with Gasteiger partial charge in [0.2, 0.25) is 10.0 Å². The lowest BCUT2D eigenvalue weighted by Crippen LogP contribution is -2.38. The molecular weight excluding hydrogens is 366 g/mol. The van der Waals surface area contributed by atoms with Gasteiger partial charge in [0, 0.05) is 18.0 Å². The van der Waals surface area contributed by atoms with E-state index in [4.69, 9.17) is 0 Å². The van der Waals surface area contributed by atoms with Gasteiger partial charge in [0.15, 0.2) is 0 Å². The summed E-state index contributed by atoms with van der Waals surface area (Å²) in [4.78, 5) is 3.03. The summed E-state index contributed by atoms with van der Waals surface area (Å²) in [5.41, 5.74) is 0.